The number of ether oxygens (including phenoxy) is 3. The second kappa shape index (κ2) is 7.57. The van der Waals surface area contributed by atoms with E-state index in [0.29, 0.717) is 16.4 Å². The molecule has 23 heavy (non-hydrogen) atoms. The number of Topliss-reactive ketones (excluding diaryl/α,β-unsaturated/α-hetero) is 2. The lowest BCUT2D eigenvalue weighted by Crippen LogP contribution is -2.20. The maximum Gasteiger partial charge on any atom is 0.173 e. The van der Waals surface area contributed by atoms with Gasteiger partial charge < -0.3 is 14.2 Å². The van der Waals surface area contributed by atoms with E-state index < -0.39 is 5.92 Å². The van der Waals surface area contributed by atoms with E-state index >= 15 is 0 Å². The van der Waals surface area contributed by atoms with E-state index in [0.717, 1.165) is 10.1 Å². The minimum atomic E-state index is -0.401. The predicted octanol–water partition coefficient (Wildman–Crippen LogP) is 3.34. The number of benzene rings is 1. The highest BCUT2D eigenvalue weighted by molar-refractivity contribution is 7.20. The number of ketones is 2. The number of fused-ring (bicyclic) bond motifs is 1. The molecule has 0 spiro atoms. The number of rotatable bonds is 8. The summed E-state index contributed by atoms with van der Waals surface area (Å²) < 4.78 is 16.5. The fraction of sp³-hybridized carbons (Fsp3) is 0.412. The molecule has 0 aliphatic heterocycles. The van der Waals surface area contributed by atoms with Gasteiger partial charge in [0.25, 0.3) is 0 Å². The van der Waals surface area contributed by atoms with Gasteiger partial charge in [-0.05, 0) is 24.4 Å². The number of thiophene rings is 1. The quantitative estimate of drug-likeness (QED) is 0.692. The molecule has 5 nitrogen and oxygen atoms in total. The van der Waals surface area contributed by atoms with Gasteiger partial charge in [0.1, 0.15) is 5.78 Å². The molecule has 1 aromatic carbocycles. The van der Waals surface area contributed by atoms with Gasteiger partial charge in [-0.15, -0.1) is 11.3 Å². The Balaban J connectivity index is 2.29. The smallest absolute Gasteiger partial charge is 0.173 e. The van der Waals surface area contributed by atoms with E-state index in [1.54, 1.807) is 14.2 Å². The Morgan fingerprint density at radius 1 is 1.09 bits per heavy atom. The predicted molar refractivity (Wildman–Crippen MR) is 89.9 cm³/mol. The van der Waals surface area contributed by atoms with Crippen LogP contribution in [0, 0.1) is 5.92 Å². The molecule has 1 unspecified atom stereocenters. The van der Waals surface area contributed by atoms with E-state index in [2.05, 4.69) is 0 Å². The standard InChI is InChI=1S/C17H20O5S/c1-10(18)12(9-20-2)5-13(19)17-7-11-6-14(21-3)15(22-4)8-16(11)23-17/h6-8,12H,5,9H2,1-4H3. The van der Waals surface area contributed by atoms with Gasteiger partial charge in [0, 0.05) is 30.2 Å². The molecule has 1 aromatic heterocycles. The Hall–Kier alpha value is -1.92. The van der Waals surface area contributed by atoms with Gasteiger partial charge in [-0.3, -0.25) is 9.59 Å². The Labute approximate surface area is 139 Å². The van der Waals surface area contributed by atoms with Crippen molar-refractivity contribution < 1.29 is 23.8 Å². The van der Waals surface area contributed by atoms with Gasteiger partial charge in [-0.1, -0.05) is 0 Å². The molecule has 0 aliphatic rings. The first kappa shape index (κ1) is 17.4. The van der Waals surface area contributed by atoms with Crippen molar-refractivity contribution >= 4 is 33.0 Å². The Kier molecular flexibility index (Phi) is 5.74. The van der Waals surface area contributed by atoms with E-state index in [9.17, 15) is 9.59 Å². The third-order valence-corrected chi connectivity index (χ3v) is 4.81. The maximum atomic E-state index is 12.5. The lowest BCUT2D eigenvalue weighted by Gasteiger charge is -2.10. The Morgan fingerprint density at radius 2 is 1.74 bits per heavy atom. The fourth-order valence-electron chi connectivity index (χ4n) is 2.35. The molecule has 124 valence electrons. The first-order valence-electron chi connectivity index (χ1n) is 7.18. The summed E-state index contributed by atoms with van der Waals surface area (Å²) in [5.41, 5.74) is 0. The molecule has 2 rings (SSSR count). The largest absolute Gasteiger partial charge is 0.493 e. The van der Waals surface area contributed by atoms with Crippen molar-refractivity contribution in [3.05, 3.63) is 23.1 Å². The number of carbonyl (C=O) groups is 2. The lowest BCUT2D eigenvalue weighted by atomic mass is 9.98. The molecule has 1 atom stereocenters. The summed E-state index contributed by atoms with van der Waals surface area (Å²) in [5, 5.41) is 0.919. The number of carbonyl (C=O) groups excluding carboxylic acids is 2. The molecule has 0 fully saturated rings. The van der Waals surface area contributed by atoms with Crippen LogP contribution in [0.5, 0.6) is 11.5 Å². The topological polar surface area (TPSA) is 61.8 Å². The van der Waals surface area contributed by atoms with Crippen LogP contribution in [-0.4, -0.2) is 39.5 Å². The van der Waals surface area contributed by atoms with Crippen LogP contribution in [-0.2, 0) is 9.53 Å². The molecule has 0 bridgehead atoms. The minimum Gasteiger partial charge on any atom is -0.493 e. The van der Waals surface area contributed by atoms with E-state index in [1.165, 1.54) is 25.4 Å². The average molecular weight is 336 g/mol. The van der Waals surface area contributed by atoms with Crippen LogP contribution in [0.25, 0.3) is 10.1 Å². The van der Waals surface area contributed by atoms with Crippen LogP contribution in [0.3, 0.4) is 0 Å². The molecule has 0 N–H and O–H groups in total. The Bertz CT molecular complexity index is 678. The monoisotopic (exact) mass is 336 g/mol. The van der Waals surface area contributed by atoms with Crippen molar-refractivity contribution in [1.29, 1.82) is 0 Å². The van der Waals surface area contributed by atoms with Crippen molar-refractivity contribution in [3.63, 3.8) is 0 Å². The maximum absolute atomic E-state index is 12.5. The van der Waals surface area contributed by atoms with Crippen molar-refractivity contribution in [3.8, 4) is 11.5 Å². The Morgan fingerprint density at radius 3 is 2.30 bits per heavy atom. The molecular formula is C17H20O5S. The molecule has 0 aliphatic carbocycles. The van der Waals surface area contributed by atoms with Gasteiger partial charge in [-0.25, -0.2) is 0 Å². The second-order valence-corrected chi connectivity index (χ2v) is 6.33. The highest BCUT2D eigenvalue weighted by Gasteiger charge is 2.21. The van der Waals surface area contributed by atoms with Crippen molar-refractivity contribution in [2.75, 3.05) is 27.9 Å². The first-order valence-corrected chi connectivity index (χ1v) is 8.00. The van der Waals surface area contributed by atoms with E-state index in [4.69, 9.17) is 14.2 Å². The summed E-state index contributed by atoms with van der Waals surface area (Å²) in [4.78, 5) is 24.7. The second-order valence-electron chi connectivity index (χ2n) is 5.25. The molecule has 0 amide bonds. The van der Waals surface area contributed by atoms with Crippen molar-refractivity contribution in [2.45, 2.75) is 13.3 Å². The summed E-state index contributed by atoms with van der Waals surface area (Å²) in [5.74, 6) is 0.757. The van der Waals surface area contributed by atoms with Crippen molar-refractivity contribution in [1.82, 2.24) is 0 Å². The van der Waals surface area contributed by atoms with E-state index in [-0.39, 0.29) is 24.6 Å². The zero-order valence-corrected chi connectivity index (χ0v) is 14.5. The first-order chi connectivity index (χ1) is 11.0. The van der Waals surface area contributed by atoms with E-state index in [1.807, 2.05) is 18.2 Å². The van der Waals surface area contributed by atoms with Gasteiger partial charge in [0.05, 0.1) is 25.7 Å². The zero-order valence-electron chi connectivity index (χ0n) is 13.7. The molecule has 0 radical (unpaired) electrons. The number of hydrogen-bond donors (Lipinski definition) is 0. The third kappa shape index (κ3) is 3.89. The normalized spacial score (nSPS) is 12.2. The molecule has 2 aromatic rings. The summed E-state index contributed by atoms with van der Waals surface area (Å²) in [6.07, 6.45) is 0.157. The van der Waals surface area contributed by atoms with Crippen LogP contribution in [0.2, 0.25) is 0 Å². The highest BCUT2D eigenvalue weighted by Crippen LogP contribution is 2.36. The van der Waals surface area contributed by atoms with Gasteiger partial charge in [0.2, 0.25) is 0 Å². The van der Waals surface area contributed by atoms with Crippen LogP contribution >= 0.6 is 11.3 Å². The number of hydrogen-bond acceptors (Lipinski definition) is 6. The van der Waals surface area contributed by atoms with Gasteiger partial charge in [0.15, 0.2) is 17.3 Å². The van der Waals surface area contributed by atoms with Gasteiger partial charge >= 0.3 is 0 Å². The fourth-order valence-corrected chi connectivity index (χ4v) is 3.37. The average Bonchev–Trinajstić information content (AvgIpc) is 2.95. The van der Waals surface area contributed by atoms with Gasteiger partial charge in [-0.2, -0.15) is 0 Å². The molecular weight excluding hydrogens is 316 g/mol. The summed E-state index contributed by atoms with van der Waals surface area (Å²) in [7, 11) is 4.67. The highest BCUT2D eigenvalue weighted by atomic mass is 32.1. The lowest BCUT2D eigenvalue weighted by molar-refractivity contribution is -0.122. The molecule has 1 heterocycles. The summed E-state index contributed by atoms with van der Waals surface area (Å²) in [6.45, 7) is 1.74. The summed E-state index contributed by atoms with van der Waals surface area (Å²) in [6, 6.07) is 5.53. The summed E-state index contributed by atoms with van der Waals surface area (Å²) >= 11 is 1.39. The van der Waals surface area contributed by atoms with Crippen LogP contribution in [0.4, 0.5) is 0 Å². The number of methoxy groups -OCH3 is 3. The molecule has 0 saturated heterocycles. The van der Waals surface area contributed by atoms with Crippen molar-refractivity contribution in [2.24, 2.45) is 5.92 Å². The molecule has 6 heteroatoms. The SMILES string of the molecule is COCC(CC(=O)c1cc2cc(OC)c(OC)cc2s1)C(C)=O. The van der Waals surface area contributed by atoms with Crippen LogP contribution in [0.15, 0.2) is 18.2 Å². The third-order valence-electron chi connectivity index (χ3n) is 3.67. The molecule has 0 saturated carbocycles. The van der Waals surface area contributed by atoms with Crippen LogP contribution in [0.1, 0.15) is 23.0 Å². The zero-order chi connectivity index (χ0) is 17.0. The van der Waals surface area contributed by atoms with Crippen LogP contribution < -0.4 is 9.47 Å². The minimum absolute atomic E-state index is 0.0374.